The first-order chi connectivity index (χ1) is 11.6. The maximum absolute atomic E-state index is 13.0. The highest BCUT2D eigenvalue weighted by Gasteiger charge is 2.25. The quantitative estimate of drug-likeness (QED) is 0.461. The third-order valence-electron chi connectivity index (χ3n) is 3.09. The lowest BCUT2D eigenvalue weighted by Crippen LogP contribution is -2.07. The van der Waals surface area contributed by atoms with Gasteiger partial charge in [0.25, 0.3) is 0 Å². The molecule has 0 bridgehead atoms. The van der Waals surface area contributed by atoms with E-state index < -0.39 is 12.1 Å². The molecule has 2 heterocycles. The number of carbonyl (C=O) groups is 1. The molecule has 1 aromatic carbocycles. The molecule has 5 nitrogen and oxygen atoms in total. The summed E-state index contributed by atoms with van der Waals surface area (Å²) in [4.78, 5) is 17.1. The number of benzene rings is 1. The van der Waals surface area contributed by atoms with E-state index >= 15 is 0 Å². The molecule has 1 aliphatic rings. The average Bonchev–Trinajstić information content (AvgIpc) is 3.18. The summed E-state index contributed by atoms with van der Waals surface area (Å²) in [6, 6.07) is 8.48. The van der Waals surface area contributed by atoms with Crippen molar-refractivity contribution in [3.8, 4) is 11.5 Å². The fourth-order valence-electron chi connectivity index (χ4n) is 2.06. The van der Waals surface area contributed by atoms with Gasteiger partial charge in [-0.1, -0.05) is 15.3 Å². The highest BCUT2D eigenvalue weighted by atomic mass is 32.1. The molecule has 0 aliphatic carbocycles. The number of alkyl halides is 1. The van der Waals surface area contributed by atoms with E-state index in [-0.39, 0.29) is 17.3 Å². The van der Waals surface area contributed by atoms with Crippen LogP contribution >= 0.6 is 20.6 Å². The molecule has 8 heteroatoms. The number of hydrogen-bond donors (Lipinski definition) is 0. The van der Waals surface area contributed by atoms with Crippen molar-refractivity contribution in [2.45, 2.75) is 6.10 Å². The number of aliphatic imine (C=N–C) groups is 1. The van der Waals surface area contributed by atoms with E-state index in [1.54, 1.807) is 18.2 Å². The van der Waals surface area contributed by atoms with Crippen molar-refractivity contribution < 1.29 is 23.4 Å². The van der Waals surface area contributed by atoms with Crippen LogP contribution in [0.1, 0.15) is 10.4 Å². The molecule has 0 amide bonds. The number of rotatable bonds is 5. The predicted octanol–water partition coefficient (Wildman–Crippen LogP) is 3.61. The van der Waals surface area contributed by atoms with Crippen molar-refractivity contribution in [3.05, 3.63) is 51.8 Å². The van der Waals surface area contributed by atoms with Crippen LogP contribution in [0.2, 0.25) is 0 Å². The second-order valence-electron chi connectivity index (χ2n) is 4.69. The number of esters is 1. The van der Waals surface area contributed by atoms with Crippen molar-refractivity contribution in [3.63, 3.8) is 0 Å². The van der Waals surface area contributed by atoms with Gasteiger partial charge in [-0.25, -0.2) is 9.79 Å². The maximum Gasteiger partial charge on any atom is 0.363 e. The highest BCUT2D eigenvalue weighted by Crippen LogP contribution is 2.31. The number of ether oxygens (including phenoxy) is 3. The summed E-state index contributed by atoms with van der Waals surface area (Å²) in [5.74, 6) is 0.192. The van der Waals surface area contributed by atoms with Crippen molar-refractivity contribution in [1.29, 1.82) is 0 Å². The Balaban J connectivity index is 1.90. The average molecular weight is 365 g/mol. The van der Waals surface area contributed by atoms with Crippen LogP contribution in [0, 0.1) is 0 Å². The van der Waals surface area contributed by atoms with E-state index in [2.05, 4.69) is 4.99 Å². The van der Waals surface area contributed by atoms with Crippen molar-refractivity contribution in [2.75, 3.05) is 7.11 Å². The smallest absolute Gasteiger partial charge is 0.363 e. The Morgan fingerprint density at radius 1 is 1.38 bits per heavy atom. The van der Waals surface area contributed by atoms with E-state index in [0.29, 0.717) is 11.3 Å². The van der Waals surface area contributed by atoms with E-state index in [0.717, 1.165) is 4.88 Å². The number of cyclic esters (lactones) is 1. The van der Waals surface area contributed by atoms with Gasteiger partial charge in [-0.05, 0) is 35.7 Å². The molecule has 0 fully saturated rings. The van der Waals surface area contributed by atoms with Crippen molar-refractivity contribution in [2.24, 2.45) is 4.99 Å². The predicted molar refractivity (Wildman–Crippen MR) is 93.2 cm³/mol. The fraction of sp³-hybridized carbons (Fsp3) is 0.125. The van der Waals surface area contributed by atoms with E-state index in [4.69, 9.17) is 14.2 Å². The standard InChI is InChI=1S/C16H13FNO4PS/c1-20-13-7-9(4-5-12(13)21-16(17)23)14-18-11(15(19)22-14)8-10-3-2-6-24-10/h2-8,16H,23H2,1H3/b11-8+. The third kappa shape index (κ3) is 3.63. The van der Waals surface area contributed by atoms with Gasteiger partial charge in [-0.2, -0.15) is 4.39 Å². The topological polar surface area (TPSA) is 57.1 Å². The fourth-order valence-corrected chi connectivity index (χ4v) is 2.86. The van der Waals surface area contributed by atoms with E-state index in [1.165, 1.54) is 24.5 Å². The molecule has 0 radical (unpaired) electrons. The number of methoxy groups -OCH3 is 1. The third-order valence-corrected chi connectivity index (χ3v) is 4.05. The molecule has 0 N–H and O–H groups in total. The van der Waals surface area contributed by atoms with E-state index in [1.807, 2.05) is 26.8 Å². The number of halogens is 1. The first-order valence-corrected chi connectivity index (χ1v) is 8.42. The van der Waals surface area contributed by atoms with Crippen LogP contribution in [0.15, 0.2) is 46.4 Å². The molecule has 24 heavy (non-hydrogen) atoms. The second-order valence-corrected chi connectivity index (χ2v) is 6.19. The van der Waals surface area contributed by atoms with Gasteiger partial charge in [0.1, 0.15) is 0 Å². The summed E-state index contributed by atoms with van der Waals surface area (Å²) in [6.07, 6.45) is 0.114. The summed E-state index contributed by atoms with van der Waals surface area (Å²) in [5, 5.41) is 1.91. The van der Waals surface area contributed by atoms with Crippen LogP contribution < -0.4 is 9.47 Å². The maximum atomic E-state index is 13.0. The summed E-state index contributed by atoms with van der Waals surface area (Å²) in [7, 11) is 3.33. The molecular formula is C16H13FNO4PS. The summed E-state index contributed by atoms with van der Waals surface area (Å²) >= 11 is 1.50. The molecule has 0 saturated heterocycles. The highest BCUT2D eigenvalue weighted by molar-refractivity contribution is 7.16. The summed E-state index contributed by atoms with van der Waals surface area (Å²) in [5.41, 5.74) is 0.752. The van der Waals surface area contributed by atoms with Crippen LogP contribution in [-0.4, -0.2) is 25.1 Å². The van der Waals surface area contributed by atoms with Gasteiger partial charge in [0.05, 0.1) is 7.11 Å². The first-order valence-electron chi connectivity index (χ1n) is 6.87. The second kappa shape index (κ2) is 7.11. The Kier molecular flexibility index (Phi) is 4.92. The monoisotopic (exact) mass is 365 g/mol. The van der Waals surface area contributed by atoms with Gasteiger partial charge in [0, 0.05) is 10.4 Å². The van der Waals surface area contributed by atoms with Gasteiger partial charge < -0.3 is 14.2 Å². The number of carbonyl (C=O) groups excluding carboxylic acids is 1. The molecular weight excluding hydrogens is 352 g/mol. The largest absolute Gasteiger partial charge is 0.493 e. The zero-order chi connectivity index (χ0) is 17.1. The van der Waals surface area contributed by atoms with Crippen LogP contribution in [-0.2, 0) is 9.53 Å². The van der Waals surface area contributed by atoms with Gasteiger partial charge in [-0.15, -0.1) is 11.3 Å². The molecule has 0 saturated carbocycles. The van der Waals surface area contributed by atoms with Gasteiger partial charge >= 0.3 is 5.97 Å². The Morgan fingerprint density at radius 3 is 2.88 bits per heavy atom. The summed E-state index contributed by atoms with van der Waals surface area (Å²) in [6.45, 7) is 0. The molecule has 1 aliphatic heterocycles. The lowest BCUT2D eigenvalue weighted by Gasteiger charge is -2.12. The minimum Gasteiger partial charge on any atom is -0.493 e. The Bertz CT molecular complexity index is 817. The Labute approximate surface area is 144 Å². The number of thiophene rings is 1. The zero-order valence-corrected chi connectivity index (χ0v) is 14.5. The van der Waals surface area contributed by atoms with E-state index in [9.17, 15) is 9.18 Å². The first kappa shape index (κ1) is 16.6. The molecule has 2 aromatic rings. The zero-order valence-electron chi connectivity index (χ0n) is 12.6. The van der Waals surface area contributed by atoms with Gasteiger partial charge in [-0.3, -0.25) is 0 Å². The normalized spacial score (nSPS) is 16.7. The van der Waals surface area contributed by atoms with Crippen molar-refractivity contribution >= 4 is 38.5 Å². The minimum absolute atomic E-state index is 0.162. The summed E-state index contributed by atoms with van der Waals surface area (Å²) < 4.78 is 28.3. The molecule has 0 spiro atoms. The Morgan fingerprint density at radius 2 is 2.21 bits per heavy atom. The molecule has 124 valence electrons. The molecule has 2 atom stereocenters. The van der Waals surface area contributed by atoms with Crippen LogP contribution in [0.5, 0.6) is 11.5 Å². The molecule has 2 unspecified atom stereocenters. The Hall–Kier alpha value is -2.24. The molecule has 1 aromatic heterocycles. The lowest BCUT2D eigenvalue weighted by molar-refractivity contribution is -0.129. The number of nitrogens with zero attached hydrogens (tertiary/aromatic N) is 1. The van der Waals surface area contributed by atoms with Crippen LogP contribution in [0.25, 0.3) is 6.08 Å². The number of hydrogen-bond acceptors (Lipinski definition) is 6. The minimum atomic E-state index is -1.55. The SMILES string of the molecule is COc1cc(C2=N/C(=C/c3cccs3)C(=O)O2)ccc1OC(F)P. The van der Waals surface area contributed by atoms with Crippen LogP contribution in [0.4, 0.5) is 4.39 Å². The van der Waals surface area contributed by atoms with Gasteiger partial charge in [0.15, 0.2) is 17.2 Å². The van der Waals surface area contributed by atoms with Crippen molar-refractivity contribution in [1.82, 2.24) is 0 Å². The van der Waals surface area contributed by atoms with Gasteiger partial charge in [0.2, 0.25) is 12.0 Å². The molecule has 3 rings (SSSR count). The van der Waals surface area contributed by atoms with Crippen LogP contribution in [0.3, 0.4) is 0 Å². The lowest BCUT2D eigenvalue weighted by atomic mass is 10.2.